The lowest BCUT2D eigenvalue weighted by Crippen LogP contribution is -2.43. The van der Waals surface area contributed by atoms with Gasteiger partial charge in [0.05, 0.1) is 16.4 Å². The van der Waals surface area contributed by atoms with E-state index >= 15 is 0 Å². The molecule has 0 aromatic heterocycles. The highest BCUT2D eigenvalue weighted by molar-refractivity contribution is 7.92. The smallest absolute Gasteiger partial charge is 0.243 e. The highest BCUT2D eigenvalue weighted by atomic mass is 32.2. The van der Waals surface area contributed by atoms with Crippen LogP contribution in [0.5, 0.6) is 0 Å². The molecule has 2 rings (SSSR count). The molecule has 0 unspecified atom stereocenters. The van der Waals surface area contributed by atoms with Crippen LogP contribution in [-0.4, -0.2) is 45.7 Å². The zero-order chi connectivity index (χ0) is 15.1. The molecule has 0 bridgehead atoms. The van der Waals surface area contributed by atoms with Crippen LogP contribution in [0, 0.1) is 13.8 Å². The van der Waals surface area contributed by atoms with E-state index in [1.165, 1.54) is 4.31 Å². The summed E-state index contributed by atoms with van der Waals surface area (Å²) in [5.41, 5.74) is 7.50. The van der Waals surface area contributed by atoms with Crippen molar-refractivity contribution in [3.63, 3.8) is 0 Å². The van der Waals surface area contributed by atoms with Crippen LogP contribution in [0.3, 0.4) is 0 Å². The van der Waals surface area contributed by atoms with Gasteiger partial charge in [-0.2, -0.15) is 4.31 Å². The Bertz CT molecular complexity index is 725. The zero-order valence-corrected chi connectivity index (χ0v) is 13.1. The molecule has 0 saturated carbocycles. The van der Waals surface area contributed by atoms with E-state index in [2.05, 4.69) is 0 Å². The fourth-order valence-corrected chi connectivity index (χ4v) is 5.41. The monoisotopic (exact) mass is 318 g/mol. The molecule has 1 fully saturated rings. The van der Waals surface area contributed by atoms with Crippen LogP contribution in [0.15, 0.2) is 17.0 Å². The number of hydrogen-bond donors (Lipinski definition) is 1. The Kier molecular flexibility index (Phi) is 3.83. The molecule has 0 atom stereocenters. The van der Waals surface area contributed by atoms with Gasteiger partial charge in [-0.05, 0) is 37.1 Å². The Labute approximate surface area is 119 Å². The summed E-state index contributed by atoms with van der Waals surface area (Å²) in [7, 11) is -6.81. The summed E-state index contributed by atoms with van der Waals surface area (Å²) >= 11 is 0. The van der Waals surface area contributed by atoms with E-state index in [9.17, 15) is 16.8 Å². The molecule has 0 amide bonds. The molecule has 1 aliphatic heterocycles. The van der Waals surface area contributed by atoms with Crippen molar-refractivity contribution in [3.05, 3.63) is 23.3 Å². The van der Waals surface area contributed by atoms with Crippen molar-refractivity contribution < 1.29 is 16.8 Å². The summed E-state index contributed by atoms with van der Waals surface area (Å²) in [6, 6.07) is 3.29. The maximum absolute atomic E-state index is 12.6. The lowest BCUT2D eigenvalue weighted by molar-refractivity contribution is 0.430. The van der Waals surface area contributed by atoms with Crippen molar-refractivity contribution in [3.8, 4) is 0 Å². The summed E-state index contributed by atoms with van der Waals surface area (Å²) in [5, 5.41) is 0. The first-order valence-electron chi connectivity index (χ1n) is 6.21. The van der Waals surface area contributed by atoms with Gasteiger partial charge in [0, 0.05) is 18.8 Å². The predicted molar refractivity (Wildman–Crippen MR) is 77.7 cm³/mol. The summed E-state index contributed by atoms with van der Waals surface area (Å²) in [6.45, 7) is 3.42. The molecule has 2 N–H and O–H groups in total. The average molecular weight is 318 g/mol. The number of aryl methyl sites for hydroxylation is 1. The summed E-state index contributed by atoms with van der Waals surface area (Å²) in [4.78, 5) is 0.161. The zero-order valence-electron chi connectivity index (χ0n) is 11.5. The van der Waals surface area contributed by atoms with E-state index in [0.717, 1.165) is 5.56 Å². The second-order valence-corrected chi connectivity index (χ2v) is 9.24. The van der Waals surface area contributed by atoms with Crippen molar-refractivity contribution in [1.29, 1.82) is 0 Å². The fraction of sp³-hybridized carbons (Fsp3) is 0.500. The van der Waals surface area contributed by atoms with Crippen molar-refractivity contribution in [1.82, 2.24) is 4.31 Å². The minimum absolute atomic E-state index is 0.00203. The second-order valence-electron chi connectivity index (χ2n) is 5.03. The number of anilines is 1. The van der Waals surface area contributed by atoms with Gasteiger partial charge >= 0.3 is 0 Å². The lowest BCUT2D eigenvalue weighted by Gasteiger charge is -2.27. The minimum atomic E-state index is -3.70. The van der Waals surface area contributed by atoms with E-state index in [4.69, 9.17) is 5.73 Å². The molecule has 8 heteroatoms. The maximum atomic E-state index is 12.6. The number of rotatable bonds is 2. The average Bonchev–Trinajstić information content (AvgIpc) is 2.33. The van der Waals surface area contributed by atoms with Gasteiger partial charge in [-0.3, -0.25) is 0 Å². The number of nitrogen functional groups attached to an aromatic ring is 1. The second kappa shape index (κ2) is 5.01. The van der Waals surface area contributed by atoms with E-state index in [-0.39, 0.29) is 29.5 Å². The number of nitrogens with zero attached hydrogens (tertiary/aromatic N) is 1. The molecular weight excluding hydrogens is 300 g/mol. The summed E-state index contributed by atoms with van der Waals surface area (Å²) in [6.07, 6.45) is 0. The summed E-state index contributed by atoms with van der Waals surface area (Å²) in [5.74, 6) is -0.265. The normalized spacial score (nSPS) is 19.9. The van der Waals surface area contributed by atoms with Gasteiger partial charge in [-0.15, -0.1) is 0 Å². The largest absolute Gasteiger partial charge is 0.398 e. The Morgan fingerprint density at radius 2 is 1.70 bits per heavy atom. The predicted octanol–water partition coefficient (Wildman–Crippen LogP) is 0.305. The molecular formula is C12H18N2O4S2. The number of sulfonamides is 1. The fourth-order valence-electron chi connectivity index (χ4n) is 2.20. The van der Waals surface area contributed by atoms with E-state index in [1.54, 1.807) is 26.0 Å². The standard InChI is InChI=1S/C12H18N2O4S2/c1-9-7-11(13)10(2)12(8-9)20(17,18)14-3-5-19(15,16)6-4-14/h7-8H,3-6,13H2,1-2H3. The Morgan fingerprint density at radius 3 is 2.25 bits per heavy atom. The SMILES string of the molecule is Cc1cc(N)c(C)c(S(=O)(=O)N2CCS(=O)(=O)CC2)c1. The first kappa shape index (κ1) is 15.3. The van der Waals surface area contributed by atoms with Crippen LogP contribution < -0.4 is 5.73 Å². The molecule has 6 nitrogen and oxygen atoms in total. The van der Waals surface area contributed by atoms with Gasteiger partial charge in [0.15, 0.2) is 9.84 Å². The minimum Gasteiger partial charge on any atom is -0.398 e. The Morgan fingerprint density at radius 1 is 1.15 bits per heavy atom. The molecule has 1 saturated heterocycles. The highest BCUT2D eigenvalue weighted by Gasteiger charge is 2.32. The molecule has 0 aliphatic carbocycles. The van der Waals surface area contributed by atoms with Gasteiger partial charge in [0.1, 0.15) is 0 Å². The van der Waals surface area contributed by atoms with Crippen molar-refractivity contribution in [2.75, 3.05) is 30.3 Å². The molecule has 1 aromatic carbocycles. The molecule has 0 spiro atoms. The van der Waals surface area contributed by atoms with Crippen LogP contribution >= 0.6 is 0 Å². The molecule has 1 heterocycles. The van der Waals surface area contributed by atoms with Gasteiger partial charge in [0.2, 0.25) is 10.0 Å². The number of nitrogens with two attached hydrogens (primary N) is 1. The maximum Gasteiger partial charge on any atom is 0.243 e. The number of benzene rings is 1. The van der Waals surface area contributed by atoms with Crippen molar-refractivity contribution in [2.45, 2.75) is 18.7 Å². The van der Waals surface area contributed by atoms with E-state index in [0.29, 0.717) is 11.3 Å². The van der Waals surface area contributed by atoms with Crippen LogP contribution in [-0.2, 0) is 19.9 Å². The number of sulfone groups is 1. The van der Waals surface area contributed by atoms with Crippen molar-refractivity contribution in [2.24, 2.45) is 0 Å². The van der Waals surface area contributed by atoms with E-state index < -0.39 is 19.9 Å². The molecule has 112 valence electrons. The summed E-state index contributed by atoms with van der Waals surface area (Å²) < 4.78 is 49.2. The quantitative estimate of drug-likeness (QED) is 0.791. The van der Waals surface area contributed by atoms with Crippen LogP contribution in [0.4, 0.5) is 5.69 Å². The van der Waals surface area contributed by atoms with Gasteiger partial charge in [-0.1, -0.05) is 0 Å². The van der Waals surface area contributed by atoms with Crippen molar-refractivity contribution >= 4 is 25.5 Å². The third-order valence-corrected chi connectivity index (χ3v) is 7.10. The highest BCUT2D eigenvalue weighted by Crippen LogP contribution is 2.26. The Balaban J connectivity index is 2.42. The molecule has 1 aromatic rings. The van der Waals surface area contributed by atoms with Gasteiger partial charge in [-0.25, -0.2) is 16.8 Å². The molecule has 20 heavy (non-hydrogen) atoms. The molecule has 1 aliphatic rings. The number of hydrogen-bond acceptors (Lipinski definition) is 5. The first-order chi connectivity index (χ1) is 9.13. The molecule has 0 radical (unpaired) electrons. The van der Waals surface area contributed by atoms with E-state index in [1.807, 2.05) is 0 Å². The lowest BCUT2D eigenvalue weighted by atomic mass is 10.1. The van der Waals surface area contributed by atoms with Crippen LogP contribution in [0.1, 0.15) is 11.1 Å². The Hall–Kier alpha value is -1.12. The van der Waals surface area contributed by atoms with Crippen LogP contribution in [0.2, 0.25) is 0 Å². The third-order valence-electron chi connectivity index (χ3n) is 3.47. The van der Waals surface area contributed by atoms with Gasteiger partial charge < -0.3 is 5.73 Å². The third kappa shape index (κ3) is 2.82. The van der Waals surface area contributed by atoms with Gasteiger partial charge in [0.25, 0.3) is 0 Å². The topological polar surface area (TPSA) is 97.5 Å². The first-order valence-corrected chi connectivity index (χ1v) is 9.47. The van der Waals surface area contributed by atoms with Crippen LogP contribution in [0.25, 0.3) is 0 Å².